The summed E-state index contributed by atoms with van der Waals surface area (Å²) >= 11 is 0. The lowest BCUT2D eigenvalue weighted by Crippen LogP contribution is -2.45. The SMILES string of the molecule is CC(C)N(C)C(=O)C1CCN(C(=O)c2ccncc2)CC1. The maximum absolute atomic E-state index is 12.3. The number of carbonyl (C=O) groups excluding carboxylic acids is 2. The average molecular weight is 289 g/mol. The number of likely N-dealkylation sites (tertiary alicyclic amines) is 1. The molecule has 0 atom stereocenters. The van der Waals surface area contributed by atoms with Crippen LogP contribution in [-0.4, -0.2) is 52.8 Å². The summed E-state index contributed by atoms with van der Waals surface area (Å²) in [5, 5.41) is 0. The molecule has 0 aromatic carbocycles. The number of pyridine rings is 1. The van der Waals surface area contributed by atoms with Crippen LogP contribution in [0.25, 0.3) is 0 Å². The molecule has 1 aromatic rings. The Hall–Kier alpha value is -1.91. The van der Waals surface area contributed by atoms with Gasteiger partial charge in [-0.05, 0) is 38.8 Å². The van der Waals surface area contributed by atoms with Crippen molar-refractivity contribution in [2.45, 2.75) is 32.7 Å². The van der Waals surface area contributed by atoms with Crippen molar-refractivity contribution in [1.29, 1.82) is 0 Å². The first-order valence-corrected chi connectivity index (χ1v) is 7.46. The van der Waals surface area contributed by atoms with Gasteiger partial charge >= 0.3 is 0 Å². The van der Waals surface area contributed by atoms with Crippen LogP contribution in [0.15, 0.2) is 24.5 Å². The van der Waals surface area contributed by atoms with Gasteiger partial charge in [0.2, 0.25) is 5.91 Å². The molecule has 1 saturated heterocycles. The summed E-state index contributed by atoms with van der Waals surface area (Å²) in [6.45, 7) is 5.31. The predicted molar refractivity (Wildman–Crippen MR) is 80.8 cm³/mol. The van der Waals surface area contributed by atoms with Crippen molar-refractivity contribution in [2.24, 2.45) is 5.92 Å². The topological polar surface area (TPSA) is 53.5 Å². The maximum Gasteiger partial charge on any atom is 0.253 e. The van der Waals surface area contributed by atoms with E-state index in [1.165, 1.54) is 0 Å². The van der Waals surface area contributed by atoms with Crippen LogP contribution in [0.5, 0.6) is 0 Å². The quantitative estimate of drug-likeness (QED) is 0.852. The van der Waals surface area contributed by atoms with Crippen LogP contribution in [0.1, 0.15) is 37.0 Å². The van der Waals surface area contributed by atoms with Gasteiger partial charge in [-0.3, -0.25) is 14.6 Å². The molecule has 5 nitrogen and oxygen atoms in total. The molecule has 21 heavy (non-hydrogen) atoms. The number of nitrogens with zero attached hydrogens (tertiary/aromatic N) is 3. The Morgan fingerprint density at radius 3 is 2.33 bits per heavy atom. The molecule has 0 radical (unpaired) electrons. The van der Waals surface area contributed by atoms with Crippen LogP contribution in [0.3, 0.4) is 0 Å². The van der Waals surface area contributed by atoms with Gasteiger partial charge in [0.05, 0.1) is 0 Å². The average Bonchev–Trinajstić information content (AvgIpc) is 2.53. The van der Waals surface area contributed by atoms with E-state index in [0.29, 0.717) is 18.7 Å². The highest BCUT2D eigenvalue weighted by Gasteiger charge is 2.30. The molecule has 114 valence electrons. The fourth-order valence-corrected chi connectivity index (χ4v) is 2.55. The molecular weight excluding hydrogens is 266 g/mol. The number of aromatic nitrogens is 1. The molecule has 1 fully saturated rings. The van der Waals surface area contributed by atoms with Crippen LogP contribution in [-0.2, 0) is 4.79 Å². The summed E-state index contributed by atoms with van der Waals surface area (Å²) in [4.78, 5) is 32.2. The third-order valence-corrected chi connectivity index (χ3v) is 4.18. The zero-order valence-electron chi connectivity index (χ0n) is 13.0. The second-order valence-electron chi connectivity index (χ2n) is 5.85. The predicted octanol–water partition coefficient (Wildman–Crippen LogP) is 1.80. The van der Waals surface area contributed by atoms with E-state index in [0.717, 1.165) is 12.8 Å². The zero-order valence-corrected chi connectivity index (χ0v) is 13.0. The smallest absolute Gasteiger partial charge is 0.253 e. The maximum atomic E-state index is 12.3. The van der Waals surface area contributed by atoms with Crippen molar-refractivity contribution in [1.82, 2.24) is 14.8 Å². The van der Waals surface area contributed by atoms with Crippen molar-refractivity contribution >= 4 is 11.8 Å². The summed E-state index contributed by atoms with van der Waals surface area (Å²) in [7, 11) is 1.85. The van der Waals surface area contributed by atoms with Crippen LogP contribution in [0.4, 0.5) is 0 Å². The molecule has 1 aliphatic heterocycles. The van der Waals surface area contributed by atoms with Crippen LogP contribution >= 0.6 is 0 Å². The lowest BCUT2D eigenvalue weighted by Gasteiger charge is -2.34. The standard InChI is InChI=1S/C16H23N3O2/c1-12(2)18(3)15(20)14-6-10-19(11-7-14)16(21)13-4-8-17-9-5-13/h4-5,8-9,12,14H,6-7,10-11H2,1-3H3. The zero-order chi connectivity index (χ0) is 15.4. The molecule has 1 aliphatic rings. The lowest BCUT2D eigenvalue weighted by atomic mass is 9.94. The number of piperidine rings is 1. The van der Waals surface area contributed by atoms with Crippen molar-refractivity contribution < 1.29 is 9.59 Å². The Balaban J connectivity index is 1.92. The molecule has 0 aliphatic carbocycles. The van der Waals surface area contributed by atoms with Crippen molar-refractivity contribution in [3.05, 3.63) is 30.1 Å². The molecule has 2 heterocycles. The Labute approximate surface area is 126 Å². The van der Waals surface area contributed by atoms with Crippen LogP contribution in [0, 0.1) is 5.92 Å². The van der Waals surface area contributed by atoms with Crippen molar-refractivity contribution in [3.63, 3.8) is 0 Å². The van der Waals surface area contributed by atoms with E-state index in [4.69, 9.17) is 0 Å². The summed E-state index contributed by atoms with van der Waals surface area (Å²) in [5.41, 5.74) is 0.661. The van der Waals surface area contributed by atoms with Gasteiger partial charge in [-0.25, -0.2) is 0 Å². The first-order valence-electron chi connectivity index (χ1n) is 7.46. The monoisotopic (exact) mass is 289 g/mol. The number of hydrogen-bond donors (Lipinski definition) is 0. The number of rotatable bonds is 3. The van der Waals surface area contributed by atoms with Gasteiger partial charge in [-0.2, -0.15) is 0 Å². The van der Waals surface area contributed by atoms with Gasteiger partial charge in [0.25, 0.3) is 5.91 Å². The van der Waals surface area contributed by atoms with Crippen LogP contribution in [0.2, 0.25) is 0 Å². The van der Waals surface area contributed by atoms with E-state index < -0.39 is 0 Å². The van der Waals surface area contributed by atoms with Gasteiger partial charge in [0.1, 0.15) is 0 Å². The third kappa shape index (κ3) is 3.60. The Bertz CT molecular complexity index is 494. The first-order chi connectivity index (χ1) is 10.0. The largest absolute Gasteiger partial charge is 0.343 e. The van der Waals surface area contributed by atoms with E-state index in [9.17, 15) is 9.59 Å². The Morgan fingerprint density at radius 2 is 1.81 bits per heavy atom. The molecule has 1 aromatic heterocycles. The minimum absolute atomic E-state index is 0.0283. The number of amides is 2. The molecule has 2 amide bonds. The molecule has 0 unspecified atom stereocenters. The number of carbonyl (C=O) groups is 2. The molecule has 2 rings (SSSR count). The minimum Gasteiger partial charge on any atom is -0.343 e. The minimum atomic E-state index is 0.0283. The fourth-order valence-electron chi connectivity index (χ4n) is 2.55. The normalized spacial score (nSPS) is 16.1. The van der Waals surface area contributed by atoms with E-state index in [1.807, 2.05) is 25.8 Å². The lowest BCUT2D eigenvalue weighted by molar-refractivity contribution is -0.137. The van der Waals surface area contributed by atoms with E-state index >= 15 is 0 Å². The van der Waals surface area contributed by atoms with Crippen molar-refractivity contribution in [3.8, 4) is 0 Å². The molecule has 0 saturated carbocycles. The van der Waals surface area contributed by atoms with E-state index in [1.54, 1.807) is 29.4 Å². The molecule has 0 N–H and O–H groups in total. The van der Waals surface area contributed by atoms with Gasteiger partial charge in [-0.15, -0.1) is 0 Å². The fraction of sp³-hybridized carbons (Fsp3) is 0.562. The molecule has 0 spiro atoms. The summed E-state index contributed by atoms with van der Waals surface area (Å²) in [6, 6.07) is 3.67. The molecular formula is C16H23N3O2. The Morgan fingerprint density at radius 1 is 1.24 bits per heavy atom. The third-order valence-electron chi connectivity index (χ3n) is 4.18. The second kappa shape index (κ2) is 6.70. The van der Waals surface area contributed by atoms with Crippen molar-refractivity contribution in [2.75, 3.05) is 20.1 Å². The highest BCUT2D eigenvalue weighted by molar-refractivity contribution is 5.94. The summed E-state index contributed by atoms with van der Waals surface area (Å²) in [5.74, 6) is 0.264. The van der Waals surface area contributed by atoms with E-state index in [2.05, 4.69) is 4.98 Å². The van der Waals surface area contributed by atoms with Crippen LogP contribution < -0.4 is 0 Å². The summed E-state index contributed by atoms with van der Waals surface area (Å²) < 4.78 is 0. The Kier molecular flexibility index (Phi) is 4.94. The van der Waals surface area contributed by atoms with Gasteiger partial charge in [0.15, 0.2) is 0 Å². The first kappa shape index (κ1) is 15.5. The molecule has 5 heteroatoms. The second-order valence-corrected chi connectivity index (χ2v) is 5.85. The highest BCUT2D eigenvalue weighted by Crippen LogP contribution is 2.21. The van der Waals surface area contributed by atoms with Gasteiger partial charge in [-0.1, -0.05) is 0 Å². The van der Waals surface area contributed by atoms with E-state index in [-0.39, 0.29) is 23.8 Å². The molecule has 0 bridgehead atoms. The van der Waals surface area contributed by atoms with Gasteiger partial charge in [0, 0.05) is 50.1 Å². The number of hydrogen-bond acceptors (Lipinski definition) is 3. The highest BCUT2D eigenvalue weighted by atomic mass is 16.2. The van der Waals surface area contributed by atoms with Gasteiger partial charge < -0.3 is 9.80 Å². The summed E-state index contributed by atoms with van der Waals surface area (Å²) in [6.07, 6.45) is 4.74.